The molecule has 1 atom stereocenters. The number of hydrogen-bond donors (Lipinski definition) is 0. The summed E-state index contributed by atoms with van der Waals surface area (Å²) in [7, 11) is -4.60. The van der Waals surface area contributed by atoms with Crippen molar-refractivity contribution in [1.29, 1.82) is 5.26 Å². The molecule has 0 radical (unpaired) electrons. The first-order valence-electron chi connectivity index (χ1n) is 6.71. The van der Waals surface area contributed by atoms with E-state index in [0.717, 1.165) is 12.8 Å². The van der Waals surface area contributed by atoms with E-state index in [1.165, 1.54) is 24.3 Å². The van der Waals surface area contributed by atoms with Gasteiger partial charge in [0, 0.05) is 35.0 Å². The zero-order valence-electron chi connectivity index (χ0n) is 11.5. The molecule has 1 fully saturated rings. The summed E-state index contributed by atoms with van der Waals surface area (Å²) in [6.07, 6.45) is 1.45. The van der Waals surface area contributed by atoms with E-state index in [9.17, 15) is 12.6 Å². The van der Waals surface area contributed by atoms with E-state index in [0.29, 0.717) is 18.8 Å². The highest BCUT2D eigenvalue weighted by Crippen LogP contribution is 2.16. The maximum atomic E-state index is 12.2. The molecule has 1 aromatic rings. The molecule has 1 aromatic carbocycles. The molecule has 0 N–H and O–H groups in total. The Bertz CT molecular complexity index is 641. The van der Waals surface area contributed by atoms with Gasteiger partial charge in [-0.05, 0) is 37.1 Å². The predicted octanol–water partition coefficient (Wildman–Crippen LogP) is 1.26. The quantitative estimate of drug-likeness (QED) is 0.813. The van der Waals surface area contributed by atoms with Crippen LogP contribution in [0.2, 0.25) is 0 Å². The lowest BCUT2D eigenvalue weighted by molar-refractivity contribution is 0.0992. The molecule has 1 aliphatic rings. The van der Waals surface area contributed by atoms with Gasteiger partial charge in [-0.3, -0.25) is 4.21 Å². The minimum atomic E-state index is -3.45. The first-order valence-corrected chi connectivity index (χ1v) is 9.74. The van der Waals surface area contributed by atoms with E-state index >= 15 is 0 Å². The molecule has 0 aliphatic carbocycles. The van der Waals surface area contributed by atoms with Gasteiger partial charge in [0.1, 0.15) is 0 Å². The van der Waals surface area contributed by atoms with Crippen molar-refractivity contribution in [3.05, 3.63) is 29.8 Å². The van der Waals surface area contributed by atoms with Gasteiger partial charge in [-0.25, -0.2) is 8.42 Å². The Hall–Kier alpha value is -1.23. The zero-order valence-corrected chi connectivity index (χ0v) is 13.2. The molecular formula is C14H17NO4S2. The van der Waals surface area contributed by atoms with Gasteiger partial charge in [-0.15, -0.1) is 0 Å². The van der Waals surface area contributed by atoms with Crippen molar-refractivity contribution in [3.8, 4) is 6.07 Å². The highest BCUT2D eigenvalue weighted by molar-refractivity contribution is 7.93. The molecule has 114 valence electrons. The molecule has 5 nitrogen and oxygen atoms in total. The van der Waals surface area contributed by atoms with E-state index in [4.69, 9.17) is 10.00 Å². The lowest BCUT2D eigenvalue weighted by Gasteiger charge is -2.21. The average molecular weight is 327 g/mol. The first kappa shape index (κ1) is 16.1. The Morgan fingerprint density at radius 2 is 1.86 bits per heavy atom. The van der Waals surface area contributed by atoms with Crippen LogP contribution in [0.1, 0.15) is 18.4 Å². The number of benzene rings is 1. The van der Waals surface area contributed by atoms with Gasteiger partial charge in [-0.1, -0.05) is 0 Å². The molecule has 0 bridgehead atoms. The van der Waals surface area contributed by atoms with E-state index in [1.807, 2.05) is 6.07 Å². The van der Waals surface area contributed by atoms with Crippen LogP contribution in [0, 0.1) is 11.3 Å². The number of ether oxygens (including phenoxy) is 1. The van der Waals surface area contributed by atoms with Gasteiger partial charge in [0.2, 0.25) is 0 Å². The van der Waals surface area contributed by atoms with E-state index < -0.39 is 20.6 Å². The van der Waals surface area contributed by atoms with Gasteiger partial charge in [0.15, 0.2) is 9.84 Å². The average Bonchev–Trinajstić information content (AvgIpc) is 2.53. The largest absolute Gasteiger partial charge is 0.381 e. The summed E-state index contributed by atoms with van der Waals surface area (Å²) in [5.74, 6) is 0.00979. The second kappa shape index (κ2) is 7.16. The topological polar surface area (TPSA) is 84.2 Å². The number of hydrogen-bond acceptors (Lipinski definition) is 5. The number of nitriles is 1. The minimum absolute atomic E-state index is 0.0370. The van der Waals surface area contributed by atoms with E-state index in [1.54, 1.807) is 0 Å². The van der Waals surface area contributed by atoms with Gasteiger partial charge < -0.3 is 4.74 Å². The second-order valence-electron chi connectivity index (χ2n) is 4.85. The van der Waals surface area contributed by atoms with E-state index in [2.05, 4.69) is 0 Å². The summed E-state index contributed by atoms with van der Waals surface area (Å²) < 4.78 is 41.7. The summed E-state index contributed by atoms with van der Waals surface area (Å²) in [4.78, 5) is 0.172. The minimum Gasteiger partial charge on any atom is -0.381 e. The third kappa shape index (κ3) is 4.37. The molecule has 7 heteroatoms. The second-order valence-corrected chi connectivity index (χ2v) is 8.80. The first-order chi connectivity index (χ1) is 10.0. The van der Waals surface area contributed by atoms with Gasteiger partial charge >= 0.3 is 0 Å². The Labute approximate surface area is 127 Å². The molecule has 1 unspecified atom stereocenters. The normalized spacial score (nSPS) is 18.0. The number of nitrogens with zero attached hydrogens (tertiary/aromatic N) is 1. The molecule has 1 saturated heterocycles. The van der Waals surface area contributed by atoms with Crippen molar-refractivity contribution >= 4 is 20.6 Å². The third-order valence-electron chi connectivity index (χ3n) is 3.44. The Morgan fingerprint density at radius 1 is 1.24 bits per heavy atom. The highest BCUT2D eigenvalue weighted by Gasteiger charge is 2.23. The zero-order chi connectivity index (χ0) is 15.3. The maximum absolute atomic E-state index is 12.2. The smallest absolute Gasteiger partial charge is 0.179 e. The fourth-order valence-corrected chi connectivity index (χ4v) is 5.52. The molecule has 1 aliphatic heterocycles. The summed E-state index contributed by atoms with van der Waals surface area (Å²) in [5, 5.41) is 8.74. The number of sulfone groups is 1. The molecule has 0 spiro atoms. The third-order valence-corrected chi connectivity index (χ3v) is 7.25. The van der Waals surface area contributed by atoms with Crippen molar-refractivity contribution in [2.45, 2.75) is 23.0 Å². The molecule has 0 aromatic heterocycles. The van der Waals surface area contributed by atoms with Crippen molar-refractivity contribution < 1.29 is 17.4 Å². The van der Waals surface area contributed by atoms with Crippen molar-refractivity contribution in [2.75, 3.05) is 24.7 Å². The van der Waals surface area contributed by atoms with Crippen LogP contribution < -0.4 is 0 Å². The Balaban J connectivity index is 1.97. The van der Waals surface area contributed by atoms with Crippen LogP contribution in [-0.4, -0.2) is 42.6 Å². The van der Waals surface area contributed by atoms with Crippen molar-refractivity contribution in [2.24, 2.45) is 0 Å². The maximum Gasteiger partial charge on any atom is 0.179 e. The van der Waals surface area contributed by atoms with Gasteiger partial charge in [0.25, 0.3) is 0 Å². The molecule has 0 amide bonds. The van der Waals surface area contributed by atoms with E-state index in [-0.39, 0.29) is 21.7 Å². The van der Waals surface area contributed by atoms with Crippen LogP contribution in [0.3, 0.4) is 0 Å². The van der Waals surface area contributed by atoms with Crippen molar-refractivity contribution in [1.82, 2.24) is 0 Å². The molecule has 2 rings (SSSR count). The van der Waals surface area contributed by atoms with Gasteiger partial charge in [0.05, 0.1) is 22.3 Å². The lowest BCUT2D eigenvalue weighted by atomic mass is 10.2. The Kier molecular flexibility index (Phi) is 5.51. The summed E-state index contributed by atoms with van der Waals surface area (Å²) >= 11 is 0. The molecule has 1 heterocycles. The van der Waals surface area contributed by atoms with Crippen LogP contribution in [0.4, 0.5) is 0 Å². The lowest BCUT2D eigenvalue weighted by Crippen LogP contribution is -2.28. The SMILES string of the molecule is N#Cc1ccc(S(=O)(=O)CCS(=O)C2CCOCC2)cc1. The van der Waals surface area contributed by atoms with Gasteiger partial charge in [-0.2, -0.15) is 5.26 Å². The summed E-state index contributed by atoms with van der Waals surface area (Å²) in [5.41, 5.74) is 0.416. The summed E-state index contributed by atoms with van der Waals surface area (Å²) in [6, 6.07) is 7.74. The fraction of sp³-hybridized carbons (Fsp3) is 0.500. The van der Waals surface area contributed by atoms with Crippen LogP contribution in [0.5, 0.6) is 0 Å². The molecule has 21 heavy (non-hydrogen) atoms. The monoisotopic (exact) mass is 327 g/mol. The van der Waals surface area contributed by atoms with Crippen LogP contribution in [-0.2, 0) is 25.4 Å². The number of rotatable bonds is 5. The summed E-state index contributed by atoms with van der Waals surface area (Å²) in [6.45, 7) is 1.19. The van der Waals surface area contributed by atoms with Crippen molar-refractivity contribution in [3.63, 3.8) is 0 Å². The van der Waals surface area contributed by atoms with Crippen LogP contribution in [0.15, 0.2) is 29.2 Å². The fourth-order valence-electron chi connectivity index (χ4n) is 2.15. The highest BCUT2D eigenvalue weighted by atomic mass is 32.2. The molecule has 0 saturated carbocycles. The molecular weight excluding hydrogens is 310 g/mol. The van der Waals surface area contributed by atoms with Crippen LogP contribution >= 0.6 is 0 Å². The Morgan fingerprint density at radius 3 is 2.43 bits per heavy atom. The standard InChI is InChI=1S/C14H17NO4S2/c15-11-12-1-3-14(4-2-12)21(17,18)10-9-20(16)13-5-7-19-8-6-13/h1-4,13H,5-10H2. The predicted molar refractivity (Wildman–Crippen MR) is 80.1 cm³/mol. The van der Waals surface area contributed by atoms with Crippen LogP contribution in [0.25, 0.3) is 0 Å².